The summed E-state index contributed by atoms with van der Waals surface area (Å²) in [6, 6.07) is 2.60. The molecule has 1 fully saturated rings. The summed E-state index contributed by atoms with van der Waals surface area (Å²) in [7, 11) is 0. The summed E-state index contributed by atoms with van der Waals surface area (Å²) in [5.74, 6) is 0.801. The maximum absolute atomic E-state index is 12.7. The van der Waals surface area contributed by atoms with Crippen LogP contribution in [-0.4, -0.2) is 33.7 Å². The highest BCUT2D eigenvalue weighted by molar-refractivity contribution is 7.80. The Bertz CT molecular complexity index is 905. The second-order valence-corrected chi connectivity index (χ2v) is 7.06. The van der Waals surface area contributed by atoms with Gasteiger partial charge in [-0.15, -0.1) is 0 Å². The minimum absolute atomic E-state index is 0.0629. The molecule has 28 heavy (non-hydrogen) atoms. The Morgan fingerprint density at radius 2 is 1.68 bits per heavy atom. The lowest BCUT2D eigenvalue weighted by molar-refractivity contribution is -0.132. The van der Waals surface area contributed by atoms with Gasteiger partial charge in [0.1, 0.15) is 5.71 Å². The fourth-order valence-corrected chi connectivity index (χ4v) is 2.80. The molecule has 0 atom stereocenters. The lowest BCUT2D eigenvalue weighted by atomic mass is 9.99. The number of halogens is 3. The zero-order chi connectivity index (χ0) is 21.0. The molecule has 1 saturated heterocycles. The molecule has 0 aromatic heterocycles. The van der Waals surface area contributed by atoms with Gasteiger partial charge < -0.3 is 16.0 Å². The first kappa shape index (κ1) is 22.2. The number of carbonyl (C=O) groups excluding carboxylic acids is 3. The number of amides is 3. The van der Waals surface area contributed by atoms with Gasteiger partial charge in [0.2, 0.25) is 16.9 Å². The predicted octanol–water partition coefficient (Wildman–Crippen LogP) is 0.426. The van der Waals surface area contributed by atoms with Crippen LogP contribution in [-0.2, 0) is 14.4 Å². The number of hydrazone groups is 1. The highest BCUT2D eigenvalue weighted by Gasteiger charge is 2.40. The monoisotopic (exact) mass is 481 g/mol. The third-order valence-electron chi connectivity index (χ3n) is 3.17. The van der Waals surface area contributed by atoms with Gasteiger partial charge in [0.15, 0.2) is 11.0 Å². The van der Waals surface area contributed by atoms with Crippen molar-refractivity contribution in [2.75, 3.05) is 5.32 Å². The van der Waals surface area contributed by atoms with Crippen LogP contribution in [0.4, 0.5) is 5.69 Å². The normalized spacial score (nSPS) is 14.9. The number of hydrogen-bond donors (Lipinski definition) is 6. The topological polar surface area (TPSA) is 150 Å². The van der Waals surface area contributed by atoms with Crippen molar-refractivity contribution in [1.29, 1.82) is 0 Å². The first-order chi connectivity index (χ1) is 13.1. The van der Waals surface area contributed by atoms with Gasteiger partial charge in [-0.2, -0.15) is 5.10 Å². The predicted molar refractivity (Wildman–Crippen MR) is 113 cm³/mol. The van der Waals surface area contributed by atoms with Crippen LogP contribution in [0.25, 0.3) is 0 Å². The summed E-state index contributed by atoms with van der Waals surface area (Å²) < 4.78 is 0. The lowest BCUT2D eigenvalue weighted by Crippen LogP contribution is -2.59. The summed E-state index contributed by atoms with van der Waals surface area (Å²) in [6.07, 6.45) is 0. The quantitative estimate of drug-likeness (QED) is 0.0903. The van der Waals surface area contributed by atoms with Gasteiger partial charge in [-0.25, -0.2) is 5.84 Å². The second-order valence-electron chi connectivity index (χ2n) is 5.02. The molecule has 3 amide bonds. The highest BCUT2D eigenvalue weighted by atomic mass is 35.5. The Hall–Kier alpha value is -2.09. The number of hydrazine groups is 1. The van der Waals surface area contributed by atoms with E-state index in [1.54, 1.807) is 0 Å². The van der Waals surface area contributed by atoms with E-state index >= 15 is 0 Å². The van der Waals surface area contributed by atoms with Gasteiger partial charge in [-0.05, 0) is 36.6 Å². The van der Waals surface area contributed by atoms with Crippen molar-refractivity contribution in [3.63, 3.8) is 0 Å². The van der Waals surface area contributed by atoms with E-state index < -0.39 is 29.4 Å². The average Bonchev–Trinajstić information content (AvgIpc) is 2.61. The van der Waals surface area contributed by atoms with E-state index in [-0.39, 0.29) is 31.0 Å². The minimum atomic E-state index is -1.64. The molecule has 0 radical (unpaired) electrons. The van der Waals surface area contributed by atoms with E-state index in [2.05, 4.69) is 31.9 Å². The summed E-state index contributed by atoms with van der Waals surface area (Å²) in [5, 5.41) is 10.5. The van der Waals surface area contributed by atoms with E-state index in [9.17, 15) is 14.4 Å². The van der Waals surface area contributed by atoms with Crippen molar-refractivity contribution in [2.24, 2.45) is 16.9 Å². The number of nitrogens with two attached hydrogens (primary N) is 1. The lowest BCUT2D eigenvalue weighted by Gasteiger charge is -2.23. The molecule has 1 aromatic rings. The number of nitrogens with one attached hydrogen (secondary N) is 5. The summed E-state index contributed by atoms with van der Waals surface area (Å²) in [5.41, 5.74) is 3.83. The number of thiocarbonyl (C=S) groups is 2. The number of rotatable bonds is 4. The largest absolute Gasteiger partial charge is 0.319 e. The van der Waals surface area contributed by atoms with Crippen molar-refractivity contribution < 1.29 is 14.4 Å². The van der Waals surface area contributed by atoms with Crippen molar-refractivity contribution in [2.45, 2.75) is 0 Å². The summed E-state index contributed by atoms with van der Waals surface area (Å²) >= 11 is 27.3. The molecule has 1 aliphatic heterocycles. The first-order valence-corrected chi connectivity index (χ1v) is 9.04. The Morgan fingerprint density at radius 1 is 1.11 bits per heavy atom. The van der Waals surface area contributed by atoms with Crippen LogP contribution in [0.1, 0.15) is 0 Å². The number of carbonyl (C=O) groups is 3. The van der Waals surface area contributed by atoms with Crippen LogP contribution >= 0.6 is 59.2 Å². The molecule has 0 aliphatic carbocycles. The minimum Gasteiger partial charge on any atom is -0.319 e. The average molecular weight is 483 g/mol. The van der Waals surface area contributed by atoms with Gasteiger partial charge in [-0.3, -0.25) is 25.2 Å². The smallest absolute Gasteiger partial charge is 0.273 e. The Labute approximate surface area is 183 Å². The van der Waals surface area contributed by atoms with E-state index in [1.807, 2.05) is 0 Å². The van der Waals surface area contributed by atoms with Crippen LogP contribution in [0, 0.1) is 5.92 Å². The molecule has 0 saturated carbocycles. The standard InChI is InChI=1S/C13H10Cl3N7O3S2/c14-3-1-5(16)6(2-4(3)15)18-11(26)8(22-23-13(28)21-17)7-9(24)19-12(27)20-10(7)25/h1-2,7H,17H2,(H,18,26)(H2,21,23,28)(H2,19,20,24,25,27)/b22-8-. The van der Waals surface area contributed by atoms with E-state index in [0.717, 1.165) is 0 Å². The van der Waals surface area contributed by atoms with Gasteiger partial charge in [0, 0.05) is 0 Å². The van der Waals surface area contributed by atoms with Crippen LogP contribution in [0.5, 0.6) is 0 Å². The number of benzene rings is 1. The van der Waals surface area contributed by atoms with Gasteiger partial charge >= 0.3 is 0 Å². The molecule has 15 heteroatoms. The fourth-order valence-electron chi connectivity index (χ4n) is 1.96. The third kappa shape index (κ3) is 5.25. The molecule has 1 aliphatic rings. The SMILES string of the molecule is NNC(=S)N/N=C(\C(=O)Nc1cc(Cl)c(Cl)cc1Cl)C1C(=O)NC(=S)NC1=O. The summed E-state index contributed by atoms with van der Waals surface area (Å²) in [4.78, 5) is 37.1. The highest BCUT2D eigenvalue weighted by Crippen LogP contribution is 2.32. The van der Waals surface area contributed by atoms with Crippen molar-refractivity contribution in [3.05, 3.63) is 27.2 Å². The van der Waals surface area contributed by atoms with Crippen molar-refractivity contribution in [1.82, 2.24) is 21.5 Å². The van der Waals surface area contributed by atoms with Gasteiger partial charge in [0.25, 0.3) is 5.91 Å². The Balaban J connectivity index is 2.38. The molecule has 0 unspecified atom stereocenters. The molecule has 1 heterocycles. The van der Waals surface area contributed by atoms with E-state index in [0.29, 0.717) is 0 Å². The molecule has 0 spiro atoms. The first-order valence-electron chi connectivity index (χ1n) is 7.09. The molecule has 0 bridgehead atoms. The third-order valence-corrected chi connectivity index (χ3v) is 4.62. The van der Waals surface area contributed by atoms with Crippen LogP contribution in [0.3, 0.4) is 0 Å². The molecule has 7 N–H and O–H groups in total. The van der Waals surface area contributed by atoms with Gasteiger partial charge in [0.05, 0.1) is 20.8 Å². The number of hydrogen-bond acceptors (Lipinski definition) is 7. The molecule has 148 valence electrons. The fraction of sp³-hybridized carbons (Fsp3) is 0.0769. The van der Waals surface area contributed by atoms with E-state index in [4.69, 9.17) is 65.1 Å². The van der Waals surface area contributed by atoms with Crippen LogP contribution in [0.2, 0.25) is 15.1 Å². The molecule has 2 rings (SSSR count). The Morgan fingerprint density at radius 3 is 2.25 bits per heavy atom. The van der Waals surface area contributed by atoms with Crippen LogP contribution in [0.15, 0.2) is 17.2 Å². The molecule has 10 nitrogen and oxygen atoms in total. The zero-order valence-electron chi connectivity index (χ0n) is 13.4. The zero-order valence-corrected chi connectivity index (χ0v) is 17.3. The summed E-state index contributed by atoms with van der Waals surface area (Å²) in [6.45, 7) is 0. The number of nitrogens with zero attached hydrogens (tertiary/aromatic N) is 1. The maximum Gasteiger partial charge on any atom is 0.273 e. The molecule has 1 aromatic carbocycles. The Kier molecular flexibility index (Phi) is 7.46. The molecular weight excluding hydrogens is 473 g/mol. The van der Waals surface area contributed by atoms with Gasteiger partial charge in [-0.1, -0.05) is 34.8 Å². The number of anilines is 1. The second kappa shape index (κ2) is 9.41. The van der Waals surface area contributed by atoms with Crippen LogP contribution < -0.4 is 32.6 Å². The van der Waals surface area contributed by atoms with E-state index in [1.165, 1.54) is 12.1 Å². The maximum atomic E-state index is 12.7. The molecular formula is C13H10Cl3N7O3S2. The van der Waals surface area contributed by atoms with Crippen molar-refractivity contribution in [3.8, 4) is 0 Å². The van der Waals surface area contributed by atoms with Crippen molar-refractivity contribution >= 4 is 98.6 Å².